The van der Waals surface area contributed by atoms with Crippen molar-refractivity contribution in [2.45, 2.75) is 19.4 Å². The molecule has 2 heterocycles. The van der Waals surface area contributed by atoms with Crippen LogP contribution < -0.4 is 5.32 Å². The number of nitrogens with one attached hydrogen (secondary N) is 2. The van der Waals surface area contributed by atoms with Gasteiger partial charge in [-0.1, -0.05) is 35.9 Å². The van der Waals surface area contributed by atoms with Crippen LogP contribution in [0.2, 0.25) is 0 Å². The molecule has 0 aliphatic rings. The quantitative estimate of drug-likeness (QED) is 0.753. The maximum absolute atomic E-state index is 12.5. The number of rotatable bonds is 5. The van der Waals surface area contributed by atoms with Crippen molar-refractivity contribution in [1.82, 2.24) is 15.3 Å². The molecule has 0 spiro atoms. The Hall–Kier alpha value is -3.39. The smallest absolute Gasteiger partial charge is 0.268 e. The molecule has 0 saturated heterocycles. The third-order valence-corrected chi connectivity index (χ3v) is 4.01. The maximum atomic E-state index is 12.5. The van der Waals surface area contributed by atoms with Crippen LogP contribution in [0.5, 0.6) is 0 Å². The summed E-state index contributed by atoms with van der Waals surface area (Å²) in [5, 5.41) is 11.9. The van der Waals surface area contributed by atoms with Gasteiger partial charge in [0.25, 0.3) is 5.91 Å². The highest BCUT2D eigenvalue weighted by Crippen LogP contribution is 2.19. The first-order valence-corrected chi connectivity index (χ1v) is 8.00. The van der Waals surface area contributed by atoms with Crippen molar-refractivity contribution in [3.8, 4) is 6.07 Å². The minimum absolute atomic E-state index is 0.210. The second kappa shape index (κ2) is 7.45. The molecule has 0 bridgehead atoms. The SMILES string of the molecule is Cc1ccc(C[C@@H](NC(=O)c2cc(C#N)c[nH]2)c2cccnc2)cc1. The van der Waals surface area contributed by atoms with Crippen molar-refractivity contribution in [3.63, 3.8) is 0 Å². The summed E-state index contributed by atoms with van der Waals surface area (Å²) in [7, 11) is 0. The van der Waals surface area contributed by atoms with E-state index in [0.29, 0.717) is 17.7 Å². The van der Waals surface area contributed by atoms with Gasteiger partial charge in [-0.3, -0.25) is 9.78 Å². The minimum Gasteiger partial charge on any atom is -0.356 e. The number of benzene rings is 1. The Balaban J connectivity index is 1.82. The molecule has 5 nitrogen and oxygen atoms in total. The van der Waals surface area contributed by atoms with Crippen molar-refractivity contribution in [3.05, 3.63) is 89.0 Å². The zero-order chi connectivity index (χ0) is 17.6. The van der Waals surface area contributed by atoms with E-state index in [1.54, 1.807) is 18.5 Å². The summed E-state index contributed by atoms with van der Waals surface area (Å²) in [6.07, 6.45) is 5.64. The van der Waals surface area contributed by atoms with E-state index in [1.165, 1.54) is 11.8 Å². The van der Waals surface area contributed by atoms with E-state index in [0.717, 1.165) is 11.1 Å². The number of hydrogen-bond donors (Lipinski definition) is 2. The minimum atomic E-state index is -0.248. The van der Waals surface area contributed by atoms with E-state index in [1.807, 2.05) is 25.1 Å². The van der Waals surface area contributed by atoms with Gasteiger partial charge in [0, 0.05) is 18.6 Å². The summed E-state index contributed by atoms with van der Waals surface area (Å²) < 4.78 is 0. The number of carbonyl (C=O) groups is 1. The van der Waals surface area contributed by atoms with E-state index in [-0.39, 0.29) is 11.9 Å². The first kappa shape index (κ1) is 16.5. The van der Waals surface area contributed by atoms with Gasteiger partial charge in [-0.2, -0.15) is 5.26 Å². The number of hydrogen-bond acceptors (Lipinski definition) is 3. The van der Waals surface area contributed by atoms with Crippen LogP contribution in [0.25, 0.3) is 0 Å². The maximum Gasteiger partial charge on any atom is 0.268 e. The molecule has 25 heavy (non-hydrogen) atoms. The van der Waals surface area contributed by atoms with Crippen molar-refractivity contribution >= 4 is 5.91 Å². The van der Waals surface area contributed by atoms with Crippen molar-refractivity contribution < 1.29 is 4.79 Å². The average molecular weight is 330 g/mol. The molecule has 1 amide bonds. The monoisotopic (exact) mass is 330 g/mol. The topological polar surface area (TPSA) is 81.6 Å². The van der Waals surface area contributed by atoms with Crippen LogP contribution in [-0.4, -0.2) is 15.9 Å². The zero-order valence-corrected chi connectivity index (χ0v) is 13.9. The molecule has 0 fully saturated rings. The van der Waals surface area contributed by atoms with Crippen molar-refractivity contribution in [1.29, 1.82) is 5.26 Å². The van der Waals surface area contributed by atoms with Crippen molar-refractivity contribution in [2.24, 2.45) is 0 Å². The van der Waals surface area contributed by atoms with Crippen LogP contribution in [0.1, 0.15) is 38.8 Å². The lowest BCUT2D eigenvalue weighted by Gasteiger charge is -2.19. The van der Waals surface area contributed by atoms with Gasteiger partial charge in [-0.25, -0.2) is 0 Å². The highest BCUT2D eigenvalue weighted by molar-refractivity contribution is 5.93. The first-order valence-electron chi connectivity index (χ1n) is 8.00. The number of H-pyrrole nitrogens is 1. The van der Waals surface area contributed by atoms with Gasteiger partial charge >= 0.3 is 0 Å². The number of pyridine rings is 1. The number of carbonyl (C=O) groups excluding carboxylic acids is 1. The Kier molecular flexibility index (Phi) is 4.91. The lowest BCUT2D eigenvalue weighted by molar-refractivity contribution is 0.0932. The number of nitriles is 1. The highest BCUT2D eigenvalue weighted by atomic mass is 16.1. The van der Waals surface area contributed by atoms with Gasteiger partial charge in [0.15, 0.2) is 0 Å². The van der Waals surface area contributed by atoms with E-state index in [2.05, 4.69) is 39.6 Å². The molecule has 3 rings (SSSR count). The Morgan fingerprint density at radius 1 is 1.32 bits per heavy atom. The number of aromatic amines is 1. The third-order valence-electron chi connectivity index (χ3n) is 4.01. The fourth-order valence-corrected chi connectivity index (χ4v) is 2.62. The van der Waals surface area contributed by atoms with E-state index >= 15 is 0 Å². The molecule has 2 aromatic heterocycles. The Morgan fingerprint density at radius 3 is 2.76 bits per heavy atom. The van der Waals surface area contributed by atoms with Crippen LogP contribution in [0, 0.1) is 18.3 Å². The van der Waals surface area contributed by atoms with Crippen molar-refractivity contribution in [2.75, 3.05) is 0 Å². The normalized spacial score (nSPS) is 11.5. The summed E-state index contributed by atoms with van der Waals surface area (Å²) >= 11 is 0. The van der Waals surface area contributed by atoms with Crippen LogP contribution in [-0.2, 0) is 6.42 Å². The van der Waals surface area contributed by atoms with Gasteiger partial charge in [-0.15, -0.1) is 0 Å². The van der Waals surface area contributed by atoms with Crippen LogP contribution in [0.4, 0.5) is 0 Å². The summed E-state index contributed by atoms with van der Waals surface area (Å²) in [4.78, 5) is 19.5. The van der Waals surface area contributed by atoms with Gasteiger partial charge in [0.2, 0.25) is 0 Å². The number of amides is 1. The summed E-state index contributed by atoms with van der Waals surface area (Å²) in [5.41, 5.74) is 4.06. The lowest BCUT2D eigenvalue weighted by Crippen LogP contribution is -2.30. The van der Waals surface area contributed by atoms with Crippen LogP contribution >= 0.6 is 0 Å². The molecule has 0 aliphatic carbocycles. The second-order valence-corrected chi connectivity index (χ2v) is 5.92. The average Bonchev–Trinajstić information content (AvgIpc) is 3.13. The lowest BCUT2D eigenvalue weighted by atomic mass is 9.99. The molecule has 1 atom stereocenters. The van der Waals surface area contributed by atoms with E-state index in [9.17, 15) is 4.79 Å². The summed E-state index contributed by atoms with van der Waals surface area (Å²) in [6.45, 7) is 2.04. The first-order chi connectivity index (χ1) is 12.2. The molecule has 1 aromatic carbocycles. The van der Waals surface area contributed by atoms with Gasteiger partial charge < -0.3 is 10.3 Å². The molecule has 0 aliphatic heterocycles. The van der Waals surface area contributed by atoms with Crippen LogP contribution in [0.15, 0.2) is 61.1 Å². The Labute approximate surface area is 146 Å². The predicted molar refractivity (Wildman–Crippen MR) is 94.8 cm³/mol. The van der Waals surface area contributed by atoms with E-state index in [4.69, 9.17) is 5.26 Å². The molecule has 2 N–H and O–H groups in total. The molecule has 3 aromatic rings. The molecular weight excluding hydrogens is 312 g/mol. The largest absolute Gasteiger partial charge is 0.356 e. The standard InChI is InChI=1S/C20H18N4O/c1-14-4-6-15(7-5-14)9-18(17-3-2-8-22-13-17)24-20(25)19-10-16(11-21)12-23-19/h2-8,10,12-13,18,23H,9H2,1H3,(H,24,25)/t18-/m1/s1. The molecule has 124 valence electrons. The Morgan fingerprint density at radius 2 is 2.12 bits per heavy atom. The summed E-state index contributed by atoms with van der Waals surface area (Å²) in [6, 6.07) is 15.4. The predicted octanol–water partition coefficient (Wildman–Crippen LogP) is 3.30. The highest BCUT2D eigenvalue weighted by Gasteiger charge is 2.18. The molecule has 0 radical (unpaired) electrons. The molecule has 5 heteroatoms. The van der Waals surface area contributed by atoms with Gasteiger partial charge in [-0.05, 0) is 36.6 Å². The molecule has 0 saturated carbocycles. The Bertz CT molecular complexity index is 891. The summed E-state index contributed by atoms with van der Waals surface area (Å²) in [5.74, 6) is -0.248. The molecular formula is C20H18N4O. The second-order valence-electron chi connectivity index (χ2n) is 5.92. The van der Waals surface area contributed by atoms with Gasteiger partial charge in [0.05, 0.1) is 11.6 Å². The number of nitrogens with zero attached hydrogens (tertiary/aromatic N) is 2. The van der Waals surface area contributed by atoms with Crippen LogP contribution in [0.3, 0.4) is 0 Å². The fraction of sp³-hybridized carbons (Fsp3) is 0.150. The van der Waals surface area contributed by atoms with E-state index < -0.39 is 0 Å². The third kappa shape index (κ3) is 4.12. The zero-order valence-electron chi connectivity index (χ0n) is 13.9. The number of aromatic nitrogens is 2. The fourth-order valence-electron chi connectivity index (χ4n) is 2.62. The number of aryl methyl sites for hydroxylation is 1. The van der Waals surface area contributed by atoms with Gasteiger partial charge in [0.1, 0.15) is 11.8 Å². The molecule has 0 unspecified atom stereocenters.